The van der Waals surface area contributed by atoms with Gasteiger partial charge in [0, 0.05) is 13.3 Å². The van der Waals surface area contributed by atoms with Crippen LogP contribution in [0.2, 0.25) is 0 Å². The summed E-state index contributed by atoms with van der Waals surface area (Å²) in [5.41, 5.74) is 4.21. The molecular weight excluding hydrogens is 368 g/mol. The molecule has 0 unspecified atom stereocenters. The monoisotopic (exact) mass is 388 g/mol. The van der Waals surface area contributed by atoms with Gasteiger partial charge in [-0.3, -0.25) is 4.79 Å². The van der Waals surface area contributed by atoms with Gasteiger partial charge in [-0.25, -0.2) is 8.42 Å². The van der Waals surface area contributed by atoms with Crippen LogP contribution in [0.5, 0.6) is 0 Å². The van der Waals surface area contributed by atoms with Crippen molar-refractivity contribution in [3.63, 3.8) is 0 Å². The first kappa shape index (κ1) is 18.5. The maximum absolute atomic E-state index is 12.3. The van der Waals surface area contributed by atoms with Crippen molar-refractivity contribution in [1.29, 1.82) is 0 Å². The number of rotatable bonds is 3. The third-order valence-corrected chi connectivity index (χ3v) is 6.58. The summed E-state index contributed by atoms with van der Waals surface area (Å²) in [5.74, 6) is -0.257. The molecule has 0 saturated heterocycles. The number of nitrogens with zero attached hydrogens (tertiary/aromatic N) is 2. The van der Waals surface area contributed by atoms with Crippen molar-refractivity contribution in [2.45, 2.75) is 25.2 Å². The Balaban J connectivity index is 1.89. The fourth-order valence-corrected chi connectivity index (χ4v) is 4.41. The molecule has 0 bridgehead atoms. The number of hydrogen-bond acceptors (Lipinski definition) is 4. The predicted molar refractivity (Wildman–Crippen MR) is 104 cm³/mol. The molecule has 136 valence electrons. The fourth-order valence-electron chi connectivity index (χ4n) is 2.66. The van der Waals surface area contributed by atoms with Crippen LogP contribution in [0.25, 0.3) is 10.2 Å². The summed E-state index contributed by atoms with van der Waals surface area (Å²) in [6.45, 7) is 4.13. The summed E-state index contributed by atoms with van der Waals surface area (Å²) < 4.78 is 26.0. The Bertz CT molecular complexity index is 1170. The lowest BCUT2D eigenvalue weighted by Gasteiger charge is -2.01. The molecule has 0 aliphatic heterocycles. The van der Waals surface area contributed by atoms with Gasteiger partial charge in [-0.1, -0.05) is 23.5 Å². The molecule has 1 amide bonds. The highest BCUT2D eigenvalue weighted by atomic mass is 32.2. The van der Waals surface area contributed by atoms with E-state index in [2.05, 4.69) is 31.0 Å². The highest BCUT2D eigenvalue weighted by Crippen LogP contribution is 2.21. The van der Waals surface area contributed by atoms with E-state index in [1.165, 1.54) is 34.6 Å². The maximum Gasteiger partial charge on any atom is 0.252 e. The molecule has 26 heavy (non-hydrogen) atoms. The van der Waals surface area contributed by atoms with Crippen molar-refractivity contribution < 1.29 is 13.2 Å². The van der Waals surface area contributed by atoms with Crippen LogP contribution >= 0.6 is 11.3 Å². The molecule has 1 aromatic heterocycles. The van der Waals surface area contributed by atoms with E-state index in [1.807, 2.05) is 11.6 Å². The Labute approximate surface area is 156 Å². The molecule has 0 aliphatic carbocycles. The lowest BCUT2D eigenvalue weighted by Crippen LogP contribution is -2.14. The van der Waals surface area contributed by atoms with Gasteiger partial charge in [0.15, 0.2) is 14.6 Å². The minimum atomic E-state index is -3.23. The number of amides is 1. The summed E-state index contributed by atoms with van der Waals surface area (Å²) in [7, 11) is -1.33. The van der Waals surface area contributed by atoms with Gasteiger partial charge in [0.2, 0.25) is 0 Å². The molecular formula is C19H20N2O3S2. The third-order valence-electron chi connectivity index (χ3n) is 4.35. The quantitative estimate of drug-likeness (QED) is 0.693. The smallest absolute Gasteiger partial charge is 0.252 e. The average Bonchev–Trinajstić information content (AvgIpc) is 2.83. The molecule has 5 nitrogen and oxygen atoms in total. The van der Waals surface area contributed by atoms with E-state index < -0.39 is 9.84 Å². The molecule has 0 spiro atoms. The minimum absolute atomic E-state index is 0.135. The summed E-state index contributed by atoms with van der Waals surface area (Å²) >= 11 is 1.49. The number of hydrogen-bond donors (Lipinski definition) is 0. The molecule has 0 fully saturated rings. The molecule has 0 atom stereocenters. The van der Waals surface area contributed by atoms with E-state index in [-0.39, 0.29) is 17.2 Å². The predicted octanol–water partition coefficient (Wildman–Crippen LogP) is 2.93. The van der Waals surface area contributed by atoms with Gasteiger partial charge in [-0.05, 0) is 54.8 Å². The van der Waals surface area contributed by atoms with Crippen LogP contribution in [-0.2, 0) is 28.1 Å². The minimum Gasteiger partial charge on any atom is -0.319 e. The normalized spacial score (nSPS) is 12.7. The summed E-state index contributed by atoms with van der Waals surface area (Å²) in [6.07, 6.45) is 1.30. The van der Waals surface area contributed by atoms with Crippen molar-refractivity contribution in [3.05, 3.63) is 57.9 Å². The Kier molecular flexibility index (Phi) is 4.86. The first-order valence-corrected chi connectivity index (χ1v) is 10.8. The van der Waals surface area contributed by atoms with E-state index in [1.54, 1.807) is 12.1 Å². The van der Waals surface area contributed by atoms with Gasteiger partial charge in [-0.15, -0.1) is 0 Å². The maximum atomic E-state index is 12.3. The second-order valence-corrected chi connectivity index (χ2v) is 9.47. The van der Waals surface area contributed by atoms with Gasteiger partial charge in [0.25, 0.3) is 5.91 Å². The van der Waals surface area contributed by atoms with Crippen LogP contribution in [0, 0.1) is 13.8 Å². The van der Waals surface area contributed by atoms with Crippen LogP contribution in [0.3, 0.4) is 0 Å². The number of fused-ring (bicyclic) bond motifs is 1. The summed E-state index contributed by atoms with van der Waals surface area (Å²) in [4.78, 5) is 17.5. The number of sulfone groups is 1. The molecule has 2 aromatic carbocycles. The number of aryl methyl sites for hydroxylation is 3. The number of carbonyl (C=O) groups is 1. The molecule has 0 N–H and O–H groups in total. The molecule has 0 saturated carbocycles. The van der Waals surface area contributed by atoms with Gasteiger partial charge >= 0.3 is 0 Å². The van der Waals surface area contributed by atoms with Crippen molar-refractivity contribution in [3.8, 4) is 0 Å². The molecule has 1 heterocycles. The van der Waals surface area contributed by atoms with Gasteiger partial charge in [-0.2, -0.15) is 4.99 Å². The number of thiazole rings is 1. The van der Waals surface area contributed by atoms with Crippen LogP contribution < -0.4 is 4.80 Å². The molecule has 7 heteroatoms. The Hall–Kier alpha value is -2.25. The Morgan fingerprint density at radius 3 is 2.35 bits per heavy atom. The zero-order valence-electron chi connectivity index (χ0n) is 15.1. The fraction of sp³-hybridized carbons (Fsp3) is 0.263. The van der Waals surface area contributed by atoms with Crippen molar-refractivity contribution in [1.82, 2.24) is 4.57 Å². The lowest BCUT2D eigenvalue weighted by molar-refractivity contribution is -0.117. The van der Waals surface area contributed by atoms with Crippen LogP contribution in [-0.4, -0.2) is 25.1 Å². The topological polar surface area (TPSA) is 68.5 Å². The Morgan fingerprint density at radius 2 is 1.73 bits per heavy atom. The molecule has 3 rings (SSSR count). The SMILES string of the molecule is Cc1cc2sc(=NC(=O)Cc3ccc(S(C)(=O)=O)cc3)n(C)c2cc1C. The van der Waals surface area contributed by atoms with E-state index in [9.17, 15) is 13.2 Å². The second kappa shape index (κ2) is 6.81. The number of benzene rings is 2. The standard InChI is InChI=1S/C19H20N2O3S2/c1-12-9-16-17(10-13(12)2)25-19(21(16)3)20-18(22)11-14-5-7-15(8-6-14)26(4,23)24/h5-10H,11H2,1-4H3. The lowest BCUT2D eigenvalue weighted by atomic mass is 10.1. The van der Waals surface area contributed by atoms with Crippen molar-refractivity contribution >= 4 is 37.3 Å². The number of aromatic nitrogens is 1. The van der Waals surface area contributed by atoms with E-state index in [0.29, 0.717) is 4.80 Å². The van der Waals surface area contributed by atoms with Gasteiger partial charge < -0.3 is 4.57 Å². The van der Waals surface area contributed by atoms with Crippen molar-refractivity contribution in [2.75, 3.05) is 6.26 Å². The van der Waals surface area contributed by atoms with E-state index >= 15 is 0 Å². The van der Waals surface area contributed by atoms with Gasteiger partial charge in [0.1, 0.15) is 0 Å². The molecule has 0 radical (unpaired) electrons. The average molecular weight is 389 g/mol. The van der Waals surface area contributed by atoms with Crippen LogP contribution in [0.1, 0.15) is 16.7 Å². The van der Waals surface area contributed by atoms with E-state index in [4.69, 9.17) is 0 Å². The number of carbonyl (C=O) groups excluding carboxylic acids is 1. The molecule has 0 aliphatic rings. The first-order chi connectivity index (χ1) is 12.1. The first-order valence-electron chi connectivity index (χ1n) is 8.08. The zero-order valence-corrected chi connectivity index (χ0v) is 16.7. The summed E-state index contributed by atoms with van der Waals surface area (Å²) in [6, 6.07) is 10.6. The second-order valence-electron chi connectivity index (χ2n) is 6.45. The highest BCUT2D eigenvalue weighted by molar-refractivity contribution is 7.90. The zero-order chi connectivity index (χ0) is 19.1. The largest absolute Gasteiger partial charge is 0.319 e. The molecule has 3 aromatic rings. The van der Waals surface area contributed by atoms with Crippen molar-refractivity contribution in [2.24, 2.45) is 12.0 Å². The third kappa shape index (κ3) is 3.78. The van der Waals surface area contributed by atoms with E-state index in [0.717, 1.165) is 22.0 Å². The van der Waals surface area contributed by atoms with Crippen LogP contribution in [0.15, 0.2) is 46.3 Å². The van der Waals surface area contributed by atoms with Gasteiger partial charge in [0.05, 0.1) is 21.5 Å². The van der Waals surface area contributed by atoms with Crippen LogP contribution in [0.4, 0.5) is 0 Å². The summed E-state index contributed by atoms with van der Waals surface area (Å²) in [5, 5.41) is 0. The highest BCUT2D eigenvalue weighted by Gasteiger charge is 2.09. The Morgan fingerprint density at radius 1 is 1.12 bits per heavy atom.